The Morgan fingerprint density at radius 3 is 2.41 bits per heavy atom. The van der Waals surface area contributed by atoms with Crippen LogP contribution < -0.4 is 15.5 Å². The van der Waals surface area contributed by atoms with E-state index >= 15 is 0 Å². The number of anilines is 1. The zero-order valence-electron chi connectivity index (χ0n) is 19.9. The third kappa shape index (κ3) is 6.78. The van der Waals surface area contributed by atoms with Gasteiger partial charge in [0.15, 0.2) is 5.75 Å². The summed E-state index contributed by atoms with van der Waals surface area (Å²) in [5.74, 6) is -0.719. The number of carboxylic acid groups (broad SMARTS) is 1. The molecule has 0 aliphatic carbocycles. The molecule has 39 heavy (non-hydrogen) atoms. The number of nitriles is 1. The third-order valence-electron chi connectivity index (χ3n) is 5.59. The minimum absolute atomic E-state index is 0.0847. The average molecular weight is 587 g/mol. The maximum absolute atomic E-state index is 13.1. The van der Waals surface area contributed by atoms with Gasteiger partial charge in [-0.15, -0.1) is 0 Å². The number of nitrogens with one attached hydrogen (secondary N) is 2. The number of carbonyl (C=O) groups is 3. The molecule has 0 bridgehead atoms. The highest BCUT2D eigenvalue weighted by Gasteiger charge is 2.25. The normalized spacial score (nSPS) is 12.8. The van der Waals surface area contributed by atoms with Gasteiger partial charge in [0.1, 0.15) is 11.8 Å². The number of benzene rings is 3. The average Bonchev–Trinajstić information content (AvgIpc) is 2.89. The van der Waals surface area contributed by atoms with Gasteiger partial charge in [-0.2, -0.15) is 10.4 Å². The Morgan fingerprint density at radius 2 is 1.77 bits per heavy atom. The molecule has 1 heterocycles. The maximum atomic E-state index is 13.1. The summed E-state index contributed by atoms with van der Waals surface area (Å²) >= 11 is 18.6. The summed E-state index contributed by atoms with van der Waals surface area (Å²) in [6.07, 6.45) is -0.998. The van der Waals surface area contributed by atoms with E-state index in [0.717, 1.165) is 11.1 Å². The molecule has 1 aliphatic heterocycles. The number of amides is 3. The highest BCUT2D eigenvalue weighted by molar-refractivity contribution is 6.46. The molecule has 0 saturated carbocycles. The minimum Gasteiger partial charge on any atom is -0.465 e. The zero-order chi connectivity index (χ0) is 28.1. The Kier molecular flexibility index (Phi) is 8.56. The topological polar surface area (TPSA) is 144 Å². The molecule has 4 rings (SSSR count). The predicted molar refractivity (Wildman–Crippen MR) is 146 cm³/mol. The number of carbonyl (C=O) groups excluding carboxylic acids is 2. The van der Waals surface area contributed by atoms with Gasteiger partial charge in [0.2, 0.25) is 5.71 Å². The summed E-state index contributed by atoms with van der Waals surface area (Å²) < 4.78 is 5.91. The van der Waals surface area contributed by atoms with Crippen LogP contribution in [0, 0.1) is 11.3 Å². The van der Waals surface area contributed by atoms with E-state index in [0.29, 0.717) is 35.8 Å². The second kappa shape index (κ2) is 12.0. The van der Waals surface area contributed by atoms with Crippen LogP contribution >= 0.6 is 34.8 Å². The Hall–Kier alpha value is -4.30. The van der Waals surface area contributed by atoms with Gasteiger partial charge in [-0.25, -0.2) is 4.79 Å². The summed E-state index contributed by atoms with van der Waals surface area (Å²) in [6, 6.07) is 16.7. The summed E-state index contributed by atoms with van der Waals surface area (Å²) in [5, 5.41) is 23.5. The van der Waals surface area contributed by atoms with E-state index < -0.39 is 17.7 Å². The fraction of sp³-hybridized carbons (Fsp3) is 0.115. The molecule has 10 nitrogen and oxygen atoms in total. The van der Waals surface area contributed by atoms with E-state index in [4.69, 9.17) is 49.9 Å². The molecule has 0 radical (unpaired) electrons. The van der Waals surface area contributed by atoms with E-state index in [2.05, 4.69) is 10.5 Å². The fourth-order valence-corrected chi connectivity index (χ4v) is 4.47. The molecule has 1 aliphatic rings. The number of nitrogens with zero attached hydrogens (tertiary/aromatic N) is 3. The van der Waals surface area contributed by atoms with Crippen molar-refractivity contribution in [2.75, 3.05) is 12.0 Å². The van der Waals surface area contributed by atoms with Gasteiger partial charge in [0, 0.05) is 23.7 Å². The second-order valence-electron chi connectivity index (χ2n) is 8.24. The molecule has 3 aromatic rings. The quantitative estimate of drug-likeness (QED) is 0.237. The number of hydrogen-bond donors (Lipinski definition) is 3. The molecular formula is C26H18Cl3N5O5. The minimum atomic E-state index is -1.63. The number of halogens is 3. The molecule has 3 amide bonds. The molecule has 13 heteroatoms. The van der Waals surface area contributed by atoms with Gasteiger partial charge in [-0.3, -0.25) is 20.3 Å². The standard InChI is InChI=1S/C26H18Cl3N5O5/c27-16-3-1-14(2-4-16)13-34-8-7-15-9-18(5-6-19(15)25(34)36)39-23-20(28)10-17(11-21(23)29)32-33-22(12-30)24(35)31-26(37)38/h1-6,9-11,32H,7-8,13H2,(H,31,35)(H,37,38). The fourth-order valence-electron chi connectivity index (χ4n) is 3.78. The van der Waals surface area contributed by atoms with Crippen molar-refractivity contribution in [1.82, 2.24) is 10.2 Å². The van der Waals surface area contributed by atoms with Crippen LogP contribution in [0.3, 0.4) is 0 Å². The van der Waals surface area contributed by atoms with Gasteiger partial charge in [-0.05, 0) is 60.0 Å². The van der Waals surface area contributed by atoms with E-state index in [1.807, 2.05) is 12.1 Å². The number of rotatable bonds is 7. The number of hydrogen-bond acceptors (Lipinski definition) is 7. The lowest BCUT2D eigenvalue weighted by Crippen LogP contribution is -2.37. The van der Waals surface area contributed by atoms with Gasteiger partial charge in [-0.1, -0.05) is 46.9 Å². The smallest absolute Gasteiger partial charge is 0.411 e. The Balaban J connectivity index is 1.46. The molecule has 0 spiro atoms. The Labute approximate surface area is 237 Å². The van der Waals surface area contributed by atoms with Crippen molar-refractivity contribution < 1.29 is 24.2 Å². The lowest BCUT2D eigenvalue weighted by molar-refractivity contribution is -0.114. The van der Waals surface area contributed by atoms with Crippen LogP contribution in [0.25, 0.3) is 0 Å². The molecule has 3 N–H and O–H groups in total. The number of fused-ring (bicyclic) bond motifs is 1. The molecule has 0 atom stereocenters. The van der Waals surface area contributed by atoms with Crippen molar-refractivity contribution in [3.05, 3.63) is 86.4 Å². The second-order valence-corrected chi connectivity index (χ2v) is 9.49. The van der Waals surface area contributed by atoms with Crippen molar-refractivity contribution in [1.29, 1.82) is 5.26 Å². The first kappa shape index (κ1) is 27.7. The molecule has 0 unspecified atom stereocenters. The van der Waals surface area contributed by atoms with Crippen molar-refractivity contribution >= 4 is 64.1 Å². The van der Waals surface area contributed by atoms with Crippen molar-refractivity contribution in [2.24, 2.45) is 5.10 Å². The number of imide groups is 1. The van der Waals surface area contributed by atoms with Crippen molar-refractivity contribution in [2.45, 2.75) is 13.0 Å². The van der Waals surface area contributed by atoms with Crippen LogP contribution in [0.15, 0.2) is 59.7 Å². The molecule has 198 valence electrons. The Morgan fingerprint density at radius 1 is 1.08 bits per heavy atom. The summed E-state index contributed by atoms with van der Waals surface area (Å²) in [5.41, 5.74) is 4.31. The summed E-state index contributed by atoms with van der Waals surface area (Å²) in [7, 11) is 0. The largest absolute Gasteiger partial charge is 0.465 e. The van der Waals surface area contributed by atoms with E-state index in [1.165, 1.54) is 23.5 Å². The first-order valence-electron chi connectivity index (χ1n) is 11.3. The first-order chi connectivity index (χ1) is 18.6. The van der Waals surface area contributed by atoms with Crippen LogP contribution in [-0.4, -0.2) is 40.2 Å². The lowest BCUT2D eigenvalue weighted by atomic mass is 9.98. The predicted octanol–water partition coefficient (Wildman–Crippen LogP) is 5.72. The highest BCUT2D eigenvalue weighted by atomic mass is 35.5. The first-order valence-corrected chi connectivity index (χ1v) is 12.4. The van der Waals surface area contributed by atoms with Crippen LogP contribution in [-0.2, 0) is 17.8 Å². The molecule has 0 fully saturated rings. The van der Waals surface area contributed by atoms with Crippen molar-refractivity contribution in [3.8, 4) is 17.6 Å². The number of ether oxygens (including phenoxy) is 1. The zero-order valence-corrected chi connectivity index (χ0v) is 22.1. The highest BCUT2D eigenvalue weighted by Crippen LogP contribution is 2.39. The summed E-state index contributed by atoms with van der Waals surface area (Å²) in [4.78, 5) is 37.1. The van der Waals surface area contributed by atoms with Crippen molar-refractivity contribution in [3.63, 3.8) is 0 Å². The molecule has 0 saturated heterocycles. The lowest BCUT2D eigenvalue weighted by Gasteiger charge is -2.29. The Bertz CT molecular complexity index is 1510. The van der Waals surface area contributed by atoms with Crippen LogP contribution in [0.1, 0.15) is 21.5 Å². The summed E-state index contributed by atoms with van der Waals surface area (Å²) in [6.45, 7) is 1.01. The van der Waals surface area contributed by atoms with E-state index in [9.17, 15) is 14.4 Å². The van der Waals surface area contributed by atoms with Crippen LogP contribution in [0.4, 0.5) is 10.5 Å². The SMILES string of the molecule is N#CC(=NNc1cc(Cl)c(Oc2ccc3c(c2)CCN(Cc2ccc(Cl)cc2)C3=O)c(Cl)c1)C(=O)NC(=O)O. The third-order valence-corrected chi connectivity index (χ3v) is 6.40. The van der Waals surface area contributed by atoms with Crippen LogP contribution in [0.5, 0.6) is 11.5 Å². The molecule has 3 aromatic carbocycles. The van der Waals surface area contributed by atoms with E-state index in [1.54, 1.807) is 35.2 Å². The van der Waals surface area contributed by atoms with Gasteiger partial charge in [0.25, 0.3) is 11.8 Å². The molecule has 0 aromatic heterocycles. The monoisotopic (exact) mass is 585 g/mol. The van der Waals surface area contributed by atoms with Gasteiger partial charge in [0.05, 0.1) is 15.7 Å². The van der Waals surface area contributed by atoms with Gasteiger partial charge < -0.3 is 14.7 Å². The maximum Gasteiger partial charge on any atom is 0.411 e. The van der Waals surface area contributed by atoms with Gasteiger partial charge >= 0.3 is 6.09 Å². The molecular weight excluding hydrogens is 569 g/mol. The van der Waals surface area contributed by atoms with E-state index in [-0.39, 0.29) is 27.4 Å². The van der Waals surface area contributed by atoms with Crippen LogP contribution in [0.2, 0.25) is 15.1 Å². The number of hydrazone groups is 1.